The third kappa shape index (κ3) is 5.28. The van der Waals surface area contributed by atoms with E-state index in [2.05, 4.69) is 15.5 Å². The molecule has 0 spiro atoms. The lowest BCUT2D eigenvalue weighted by Gasteiger charge is -2.17. The van der Waals surface area contributed by atoms with E-state index in [1.807, 2.05) is 17.6 Å². The summed E-state index contributed by atoms with van der Waals surface area (Å²) in [4.78, 5) is 12.6. The van der Waals surface area contributed by atoms with Gasteiger partial charge in [0.25, 0.3) is 5.91 Å². The van der Waals surface area contributed by atoms with Gasteiger partial charge in [-0.15, -0.1) is 10.2 Å². The predicted molar refractivity (Wildman–Crippen MR) is 120 cm³/mol. The molecule has 0 saturated heterocycles. The van der Waals surface area contributed by atoms with E-state index in [9.17, 15) is 9.90 Å². The van der Waals surface area contributed by atoms with Crippen molar-refractivity contribution in [3.63, 3.8) is 0 Å². The summed E-state index contributed by atoms with van der Waals surface area (Å²) in [7, 11) is 0. The van der Waals surface area contributed by atoms with Crippen molar-refractivity contribution >= 4 is 52.5 Å². The number of carbonyl (C=O) groups is 1. The number of aromatic nitrogens is 3. The van der Waals surface area contributed by atoms with Crippen molar-refractivity contribution < 1.29 is 9.90 Å². The number of aliphatic hydroxyl groups is 1. The first-order chi connectivity index (χ1) is 14.4. The Morgan fingerprint density at radius 1 is 1.17 bits per heavy atom. The normalized spacial score (nSPS) is 12.0. The van der Waals surface area contributed by atoms with Gasteiger partial charge in [-0.1, -0.05) is 64.8 Å². The molecular formula is C20H19Cl3N4O2S. The van der Waals surface area contributed by atoms with Gasteiger partial charge in [-0.2, -0.15) is 0 Å². The van der Waals surface area contributed by atoms with E-state index in [0.29, 0.717) is 43.9 Å². The molecule has 0 aliphatic rings. The second-order valence-corrected chi connectivity index (χ2v) is 8.49. The second kappa shape index (κ2) is 10.5. The van der Waals surface area contributed by atoms with Crippen molar-refractivity contribution in [3.8, 4) is 0 Å². The van der Waals surface area contributed by atoms with Crippen LogP contribution in [0.15, 0.2) is 47.6 Å². The van der Waals surface area contributed by atoms with Crippen molar-refractivity contribution in [2.24, 2.45) is 0 Å². The largest absolute Gasteiger partial charge is 0.394 e. The third-order valence-electron chi connectivity index (χ3n) is 4.35. The lowest BCUT2D eigenvalue weighted by molar-refractivity contribution is 0.0911. The van der Waals surface area contributed by atoms with Gasteiger partial charge in [-0.25, -0.2) is 0 Å². The maximum Gasteiger partial charge on any atom is 0.253 e. The van der Waals surface area contributed by atoms with Crippen molar-refractivity contribution in [2.45, 2.75) is 30.4 Å². The number of nitrogens with zero attached hydrogens (tertiary/aromatic N) is 3. The molecule has 30 heavy (non-hydrogen) atoms. The van der Waals surface area contributed by atoms with Gasteiger partial charge >= 0.3 is 0 Å². The summed E-state index contributed by atoms with van der Waals surface area (Å²) in [5, 5.41) is 23.2. The molecule has 2 aromatic carbocycles. The molecular weight excluding hydrogens is 467 g/mol. The van der Waals surface area contributed by atoms with Crippen LogP contribution in [-0.4, -0.2) is 32.4 Å². The van der Waals surface area contributed by atoms with E-state index < -0.39 is 11.9 Å². The number of aliphatic hydroxyl groups excluding tert-OH is 1. The molecule has 6 nitrogen and oxygen atoms in total. The molecule has 1 aromatic heterocycles. The van der Waals surface area contributed by atoms with Crippen molar-refractivity contribution in [1.29, 1.82) is 0 Å². The monoisotopic (exact) mass is 484 g/mol. The summed E-state index contributed by atoms with van der Waals surface area (Å²) in [5.74, 6) is 0.641. The number of amides is 1. The van der Waals surface area contributed by atoms with E-state index in [1.54, 1.807) is 36.4 Å². The van der Waals surface area contributed by atoms with Gasteiger partial charge in [0, 0.05) is 22.3 Å². The number of hydrogen-bond donors (Lipinski definition) is 2. The fraction of sp³-hybridized carbons (Fsp3) is 0.250. The summed E-state index contributed by atoms with van der Waals surface area (Å²) in [6.45, 7) is 2.18. The highest BCUT2D eigenvalue weighted by Gasteiger charge is 2.23. The molecule has 2 N–H and O–H groups in total. The molecule has 3 aromatic rings. The van der Waals surface area contributed by atoms with Crippen LogP contribution in [0.25, 0.3) is 0 Å². The number of benzene rings is 2. The zero-order valence-corrected chi connectivity index (χ0v) is 19.1. The average Bonchev–Trinajstić information content (AvgIpc) is 3.14. The Hall–Kier alpha value is -1.77. The summed E-state index contributed by atoms with van der Waals surface area (Å²) < 4.78 is 1.85. The topological polar surface area (TPSA) is 80.0 Å². The number of rotatable bonds is 8. The van der Waals surface area contributed by atoms with Crippen molar-refractivity contribution in [3.05, 3.63) is 74.5 Å². The lowest BCUT2D eigenvalue weighted by Crippen LogP contribution is -2.33. The van der Waals surface area contributed by atoms with Crippen LogP contribution in [0, 0.1) is 0 Å². The van der Waals surface area contributed by atoms with Gasteiger partial charge in [0.05, 0.1) is 17.2 Å². The standard InChI is InChI=1S/C20H19Cl3N4O2S/c1-2-27-18(17(10-28)24-19(29)14-5-3-4-6-15(14)22)25-26-20(27)30-11-12-7-8-13(21)9-16(12)23/h3-9,17,28H,2,10-11H2,1H3,(H,24,29)/t17-/m0/s1. The Bertz CT molecular complexity index is 1040. The maximum absolute atomic E-state index is 12.6. The summed E-state index contributed by atoms with van der Waals surface area (Å²) in [5.41, 5.74) is 1.25. The van der Waals surface area contributed by atoms with Crippen LogP contribution in [-0.2, 0) is 12.3 Å². The van der Waals surface area contributed by atoms with Gasteiger partial charge in [0.2, 0.25) is 0 Å². The maximum atomic E-state index is 12.6. The van der Waals surface area contributed by atoms with Crippen LogP contribution in [0.3, 0.4) is 0 Å². The van der Waals surface area contributed by atoms with E-state index >= 15 is 0 Å². The zero-order valence-electron chi connectivity index (χ0n) is 16.0. The molecule has 158 valence electrons. The van der Waals surface area contributed by atoms with Crippen LogP contribution in [0.1, 0.15) is 34.7 Å². The van der Waals surface area contributed by atoms with Crippen LogP contribution >= 0.6 is 46.6 Å². The minimum Gasteiger partial charge on any atom is -0.394 e. The van der Waals surface area contributed by atoms with E-state index in [-0.39, 0.29) is 6.61 Å². The van der Waals surface area contributed by atoms with Gasteiger partial charge in [-0.3, -0.25) is 4.79 Å². The Labute approximate surface area is 193 Å². The third-order valence-corrected chi connectivity index (χ3v) is 6.28. The molecule has 1 heterocycles. The molecule has 1 atom stereocenters. The molecule has 0 bridgehead atoms. The molecule has 0 unspecified atom stereocenters. The summed E-state index contributed by atoms with van der Waals surface area (Å²) >= 11 is 19.7. The molecule has 0 radical (unpaired) electrons. The molecule has 0 saturated carbocycles. The van der Waals surface area contributed by atoms with Gasteiger partial charge < -0.3 is 15.0 Å². The van der Waals surface area contributed by atoms with Gasteiger partial charge in [0.1, 0.15) is 6.04 Å². The van der Waals surface area contributed by atoms with Crippen molar-refractivity contribution in [2.75, 3.05) is 6.61 Å². The highest BCUT2D eigenvalue weighted by atomic mass is 35.5. The Kier molecular flexibility index (Phi) is 8.02. The molecule has 1 amide bonds. The number of thioether (sulfide) groups is 1. The first kappa shape index (κ1) is 22.9. The van der Waals surface area contributed by atoms with E-state index in [4.69, 9.17) is 34.8 Å². The summed E-state index contributed by atoms with van der Waals surface area (Å²) in [6.07, 6.45) is 0. The molecule has 0 aliphatic carbocycles. The summed E-state index contributed by atoms with van der Waals surface area (Å²) in [6, 6.07) is 11.3. The molecule has 0 fully saturated rings. The molecule has 3 rings (SSSR count). The fourth-order valence-electron chi connectivity index (χ4n) is 2.82. The van der Waals surface area contributed by atoms with Crippen LogP contribution in [0.4, 0.5) is 0 Å². The highest BCUT2D eigenvalue weighted by molar-refractivity contribution is 7.98. The highest BCUT2D eigenvalue weighted by Crippen LogP contribution is 2.29. The van der Waals surface area contributed by atoms with E-state index in [1.165, 1.54) is 11.8 Å². The van der Waals surface area contributed by atoms with Gasteiger partial charge in [0.15, 0.2) is 11.0 Å². The Morgan fingerprint density at radius 2 is 1.93 bits per heavy atom. The van der Waals surface area contributed by atoms with Crippen LogP contribution in [0.5, 0.6) is 0 Å². The average molecular weight is 486 g/mol. The quantitative estimate of drug-likeness (QED) is 0.438. The molecule has 10 heteroatoms. The minimum atomic E-state index is -0.727. The number of carbonyl (C=O) groups excluding carboxylic acids is 1. The fourth-order valence-corrected chi connectivity index (χ4v) is 4.61. The zero-order chi connectivity index (χ0) is 21.7. The predicted octanol–water partition coefficient (Wildman–Crippen LogP) is 5.01. The second-order valence-electron chi connectivity index (χ2n) is 6.30. The number of halogens is 3. The SMILES string of the molecule is CCn1c(SCc2ccc(Cl)cc2Cl)nnc1[C@H](CO)NC(=O)c1ccccc1Cl. The van der Waals surface area contributed by atoms with Gasteiger partial charge in [-0.05, 0) is 36.8 Å². The first-order valence-corrected chi connectivity index (χ1v) is 11.2. The molecule has 0 aliphatic heterocycles. The first-order valence-electron chi connectivity index (χ1n) is 9.10. The number of hydrogen-bond acceptors (Lipinski definition) is 5. The minimum absolute atomic E-state index is 0.326. The Balaban J connectivity index is 1.77. The van der Waals surface area contributed by atoms with Crippen LogP contribution < -0.4 is 5.32 Å². The van der Waals surface area contributed by atoms with Crippen LogP contribution in [0.2, 0.25) is 15.1 Å². The lowest BCUT2D eigenvalue weighted by atomic mass is 10.2. The van der Waals surface area contributed by atoms with E-state index in [0.717, 1.165) is 5.56 Å². The van der Waals surface area contributed by atoms with Crippen molar-refractivity contribution in [1.82, 2.24) is 20.1 Å². The smallest absolute Gasteiger partial charge is 0.253 e. The Morgan fingerprint density at radius 3 is 2.60 bits per heavy atom. The number of nitrogens with one attached hydrogen (secondary N) is 1.